The van der Waals surface area contributed by atoms with Gasteiger partial charge in [0, 0.05) is 0 Å². The molecule has 61 heavy (non-hydrogen) atoms. The van der Waals surface area contributed by atoms with E-state index in [1.165, 1.54) is 122 Å². The molecule has 0 radical (unpaired) electrons. The SMILES string of the molecule is CCCC1C(C)C(C)C2CC(C)C(C)CC12.CCCC1C(C)C(C)C2CC(C)CCC12.CCCC1C(C)C(C)C2CCC(C)CC12.CCCC1C(C)CC2CC(C)C(C)CC21. The highest BCUT2D eigenvalue weighted by atomic mass is 14.6. The van der Waals surface area contributed by atoms with Gasteiger partial charge in [-0.2, -0.15) is 0 Å². The molecule has 8 fully saturated rings. The van der Waals surface area contributed by atoms with Gasteiger partial charge in [0.25, 0.3) is 0 Å². The van der Waals surface area contributed by atoms with Crippen molar-refractivity contribution in [1.82, 2.24) is 0 Å². The first-order chi connectivity index (χ1) is 29.0. The van der Waals surface area contributed by atoms with E-state index < -0.39 is 0 Å². The Kier molecular flexibility index (Phi) is 20.1. The zero-order valence-electron chi connectivity index (χ0n) is 44.9. The largest absolute Gasteiger partial charge is 0.0654 e. The van der Waals surface area contributed by atoms with E-state index in [1.807, 2.05) is 0 Å². The van der Waals surface area contributed by atoms with Gasteiger partial charge in [-0.1, -0.05) is 182 Å². The van der Waals surface area contributed by atoms with Gasteiger partial charge < -0.3 is 0 Å². The zero-order chi connectivity index (χ0) is 44.9. The molecule has 25 unspecified atom stereocenters. The standard InChI is InChI=1S/C16H30.3C15H28/c1-6-7-14-12(4)13(5)15-8-10(2)11(3)9-16(14)15;1-5-6-14-12(4)8-13-7-10(2)11(3)9-15(13)14;1-5-6-13-11(3)12(4)15-9-10(2)7-8-14(13)15;1-5-6-13-11(3)12(4)14-8-7-10(2)9-15(13)14/h10-16H,6-9H2,1-5H3;3*10-15H,5-9H2,1-4H3. The third kappa shape index (κ3) is 11.9. The van der Waals surface area contributed by atoms with Crippen molar-refractivity contribution in [3.63, 3.8) is 0 Å². The fraction of sp³-hybridized carbons (Fsp3) is 1.00. The Morgan fingerprint density at radius 2 is 0.590 bits per heavy atom. The van der Waals surface area contributed by atoms with Gasteiger partial charge in [-0.25, -0.2) is 0 Å². The molecule has 0 amide bonds. The summed E-state index contributed by atoms with van der Waals surface area (Å²) in [5, 5.41) is 0. The summed E-state index contributed by atoms with van der Waals surface area (Å²) in [5.74, 6) is 25.7. The van der Waals surface area contributed by atoms with Crippen molar-refractivity contribution in [2.45, 2.75) is 240 Å². The molecule has 0 bridgehead atoms. The Morgan fingerprint density at radius 1 is 0.262 bits per heavy atom. The minimum atomic E-state index is 0.969. The molecule has 0 heteroatoms. The predicted octanol–water partition coefficient (Wildman–Crippen LogP) is 19.2. The van der Waals surface area contributed by atoms with Crippen molar-refractivity contribution in [2.24, 2.45) is 148 Å². The minimum Gasteiger partial charge on any atom is -0.0654 e. The van der Waals surface area contributed by atoms with Crippen molar-refractivity contribution >= 4 is 0 Å². The lowest BCUT2D eigenvalue weighted by molar-refractivity contribution is 0.113. The van der Waals surface area contributed by atoms with Crippen molar-refractivity contribution in [1.29, 1.82) is 0 Å². The second kappa shape index (κ2) is 23.6. The first-order valence-electron chi connectivity index (χ1n) is 29.0. The van der Waals surface area contributed by atoms with Crippen LogP contribution in [0.25, 0.3) is 0 Å². The summed E-state index contributed by atoms with van der Waals surface area (Å²) in [6, 6.07) is 0. The summed E-state index contributed by atoms with van der Waals surface area (Å²) in [6.45, 7) is 41.9. The third-order valence-corrected chi connectivity index (χ3v) is 22.8. The van der Waals surface area contributed by atoms with Crippen molar-refractivity contribution in [2.75, 3.05) is 0 Å². The zero-order valence-corrected chi connectivity index (χ0v) is 44.9. The molecule has 8 saturated carbocycles. The van der Waals surface area contributed by atoms with E-state index in [1.54, 1.807) is 0 Å². The highest BCUT2D eigenvalue weighted by Crippen LogP contribution is 2.58. The summed E-state index contributed by atoms with van der Waals surface area (Å²) < 4.78 is 0. The normalized spacial score (nSPS) is 51.0. The molecule has 0 nitrogen and oxygen atoms in total. The Morgan fingerprint density at radius 3 is 1.08 bits per heavy atom. The van der Waals surface area contributed by atoms with Crippen LogP contribution in [0.3, 0.4) is 0 Å². The second-order valence-electron chi connectivity index (χ2n) is 26.3. The summed E-state index contributed by atoms with van der Waals surface area (Å²) in [4.78, 5) is 0. The van der Waals surface area contributed by atoms with Crippen LogP contribution in [-0.4, -0.2) is 0 Å². The van der Waals surface area contributed by atoms with Gasteiger partial charge in [0.1, 0.15) is 0 Å². The second-order valence-corrected chi connectivity index (χ2v) is 26.3. The van der Waals surface area contributed by atoms with E-state index >= 15 is 0 Å². The monoisotopic (exact) mass is 847 g/mol. The average molecular weight is 848 g/mol. The van der Waals surface area contributed by atoms with E-state index in [9.17, 15) is 0 Å². The molecule has 0 heterocycles. The van der Waals surface area contributed by atoms with Crippen LogP contribution in [0, 0.1) is 148 Å². The molecule has 0 N–H and O–H groups in total. The van der Waals surface area contributed by atoms with Crippen LogP contribution in [0.2, 0.25) is 0 Å². The molecule has 0 aromatic heterocycles. The Labute approximate surface area is 386 Å². The molecular formula is C61H114. The molecule has 8 rings (SSSR count). The fourth-order valence-electron chi connectivity index (χ4n) is 18.3. The van der Waals surface area contributed by atoms with Gasteiger partial charge in [0.15, 0.2) is 0 Å². The maximum atomic E-state index is 2.53. The number of fused-ring (bicyclic) bond motifs is 4. The smallest absolute Gasteiger partial charge is 0.0349 e. The van der Waals surface area contributed by atoms with Crippen molar-refractivity contribution < 1.29 is 0 Å². The summed E-state index contributed by atoms with van der Waals surface area (Å²) >= 11 is 0. The lowest BCUT2D eigenvalue weighted by atomic mass is 9.67. The van der Waals surface area contributed by atoms with Crippen LogP contribution in [0.5, 0.6) is 0 Å². The molecule has 0 spiro atoms. The molecule has 0 aromatic carbocycles. The number of hydrogen-bond acceptors (Lipinski definition) is 0. The lowest BCUT2D eigenvalue weighted by Gasteiger charge is -2.38. The molecule has 0 aromatic rings. The molecule has 358 valence electrons. The molecule has 0 aliphatic heterocycles. The summed E-state index contributed by atoms with van der Waals surface area (Å²) in [7, 11) is 0. The minimum absolute atomic E-state index is 0.969. The molecule has 8 aliphatic rings. The van der Waals surface area contributed by atoms with Gasteiger partial charge in [-0.05, 0) is 206 Å². The number of rotatable bonds is 8. The quantitative estimate of drug-likeness (QED) is 0.228. The molecule has 25 atom stereocenters. The van der Waals surface area contributed by atoms with Crippen molar-refractivity contribution in [3.05, 3.63) is 0 Å². The lowest BCUT2D eigenvalue weighted by Crippen LogP contribution is -2.30. The van der Waals surface area contributed by atoms with E-state index in [2.05, 4.69) is 118 Å². The first-order valence-corrected chi connectivity index (χ1v) is 29.0. The summed E-state index contributed by atoms with van der Waals surface area (Å²) in [6.07, 6.45) is 28.2. The van der Waals surface area contributed by atoms with Crippen LogP contribution >= 0.6 is 0 Å². The maximum absolute atomic E-state index is 2.53. The first kappa shape index (κ1) is 52.0. The Balaban J connectivity index is 0.000000154. The van der Waals surface area contributed by atoms with Gasteiger partial charge in [-0.15, -0.1) is 0 Å². The molecular weight excluding hydrogens is 733 g/mol. The molecule has 0 saturated heterocycles. The van der Waals surface area contributed by atoms with Crippen LogP contribution in [0.1, 0.15) is 240 Å². The van der Waals surface area contributed by atoms with Gasteiger partial charge in [0.2, 0.25) is 0 Å². The van der Waals surface area contributed by atoms with E-state index in [0.29, 0.717) is 0 Å². The molecule has 8 aliphatic carbocycles. The summed E-state index contributed by atoms with van der Waals surface area (Å²) in [5.41, 5.74) is 0. The Hall–Kier alpha value is 0. The fourth-order valence-corrected chi connectivity index (χ4v) is 18.3. The van der Waals surface area contributed by atoms with Crippen LogP contribution in [-0.2, 0) is 0 Å². The van der Waals surface area contributed by atoms with E-state index in [0.717, 1.165) is 148 Å². The predicted molar refractivity (Wildman–Crippen MR) is 271 cm³/mol. The van der Waals surface area contributed by atoms with Gasteiger partial charge >= 0.3 is 0 Å². The van der Waals surface area contributed by atoms with Crippen molar-refractivity contribution in [3.8, 4) is 0 Å². The topological polar surface area (TPSA) is 0 Å². The van der Waals surface area contributed by atoms with Crippen LogP contribution in [0.15, 0.2) is 0 Å². The third-order valence-electron chi connectivity index (χ3n) is 22.8. The number of hydrogen-bond donors (Lipinski definition) is 0. The van der Waals surface area contributed by atoms with Crippen LogP contribution in [0.4, 0.5) is 0 Å². The van der Waals surface area contributed by atoms with E-state index in [-0.39, 0.29) is 0 Å². The Bertz CT molecular complexity index is 1210. The van der Waals surface area contributed by atoms with Crippen LogP contribution < -0.4 is 0 Å². The van der Waals surface area contributed by atoms with E-state index in [4.69, 9.17) is 0 Å². The highest BCUT2D eigenvalue weighted by molar-refractivity contribution is 4.99. The highest BCUT2D eigenvalue weighted by Gasteiger charge is 2.50. The maximum Gasteiger partial charge on any atom is -0.0349 e. The van der Waals surface area contributed by atoms with Gasteiger partial charge in [0.05, 0.1) is 0 Å². The van der Waals surface area contributed by atoms with Gasteiger partial charge in [-0.3, -0.25) is 0 Å². The average Bonchev–Trinajstić information content (AvgIpc) is 3.82.